The number of para-hydroxylation sites is 2. The number of fused-ring (bicyclic) bond motifs is 9. The topological polar surface area (TPSA) is 84.8 Å². The Morgan fingerprint density at radius 2 is 0.825 bits per heavy atom. The van der Waals surface area contributed by atoms with Crippen LogP contribution in [0.4, 0.5) is 8.78 Å². The minimum Gasteiger partial charge on any atom is -0.509 e. The summed E-state index contributed by atoms with van der Waals surface area (Å²) in [5.74, 6) is 1.60. The van der Waals surface area contributed by atoms with Crippen LogP contribution in [-0.2, 0) is 42.1 Å². The molecule has 0 amide bonds. The number of nitrogens with zero attached hydrogens (tertiary/aromatic N) is 7. The molecule has 0 aliphatic carbocycles. The van der Waals surface area contributed by atoms with Crippen molar-refractivity contribution in [2.24, 2.45) is 0 Å². The number of benzene rings is 6. The molecule has 6 aromatic heterocycles. The Labute approximate surface area is 385 Å². The molecule has 306 valence electrons. The van der Waals surface area contributed by atoms with Crippen LogP contribution in [0.15, 0.2) is 152 Å². The molecule has 0 unspecified atom stereocenters. The molecule has 0 saturated heterocycles. The molecule has 6 heterocycles. The first kappa shape index (κ1) is 40.0. The minimum absolute atomic E-state index is 0. The maximum atomic E-state index is 16.1. The molecule has 0 aliphatic heterocycles. The Balaban J connectivity index is 0.00000236. The van der Waals surface area contributed by atoms with Gasteiger partial charge in [0.2, 0.25) is 5.95 Å². The quantitative estimate of drug-likeness (QED) is 0.148. The molecule has 0 N–H and O–H groups in total. The van der Waals surface area contributed by atoms with E-state index >= 15 is 8.78 Å². The SMILES string of the molecule is Fc1cc(Oc2[c-]c3c(cc2)c2ccc(Oc4[c-]c5c(c(F)c4)c4ccccc4n5-c4ccccn4)[c-]c2n3-c2ncccn2)[c-]c2c1c1ccccc1n2-c1ccccn1.[Pt+2].[Pt+2]. The average Bonchev–Trinajstić information content (AvgIpc) is 3.92. The number of aromatic nitrogens is 7. The van der Waals surface area contributed by atoms with Gasteiger partial charge in [0.05, 0.1) is 0 Å². The number of rotatable bonds is 7. The molecule has 0 atom stereocenters. The van der Waals surface area contributed by atoms with Gasteiger partial charge in [-0.15, -0.1) is 36.4 Å². The van der Waals surface area contributed by atoms with Gasteiger partial charge in [-0.25, -0.2) is 28.7 Å². The minimum atomic E-state index is -0.459. The second kappa shape index (κ2) is 16.0. The van der Waals surface area contributed by atoms with Gasteiger partial charge in [-0.3, -0.25) is 0 Å². The summed E-state index contributed by atoms with van der Waals surface area (Å²) in [6, 6.07) is 51.4. The van der Waals surface area contributed by atoms with E-state index < -0.39 is 11.6 Å². The fourth-order valence-electron chi connectivity index (χ4n) is 8.23. The Bertz CT molecular complexity index is 3470. The molecule has 63 heavy (non-hydrogen) atoms. The summed E-state index contributed by atoms with van der Waals surface area (Å²) >= 11 is 0. The van der Waals surface area contributed by atoms with Crippen molar-refractivity contribution in [2.75, 3.05) is 0 Å². The third-order valence-corrected chi connectivity index (χ3v) is 10.7. The largest absolute Gasteiger partial charge is 2.00 e. The van der Waals surface area contributed by atoms with E-state index in [1.165, 1.54) is 12.1 Å². The zero-order chi connectivity index (χ0) is 40.6. The van der Waals surface area contributed by atoms with E-state index in [1.807, 2.05) is 106 Å². The number of hydrogen-bond donors (Lipinski definition) is 0. The van der Waals surface area contributed by atoms with Crippen molar-refractivity contribution in [3.05, 3.63) is 188 Å². The van der Waals surface area contributed by atoms with Gasteiger partial charge in [0.25, 0.3) is 0 Å². The van der Waals surface area contributed by atoms with Crippen molar-refractivity contribution in [2.45, 2.75) is 0 Å². The Hall–Kier alpha value is -7.06. The molecule has 0 saturated carbocycles. The summed E-state index contributed by atoms with van der Waals surface area (Å²) in [5, 5.41) is 3.91. The van der Waals surface area contributed by atoms with Crippen molar-refractivity contribution < 1.29 is 60.4 Å². The molecule has 9 nitrogen and oxygen atoms in total. The summed E-state index contributed by atoms with van der Waals surface area (Å²) in [6.07, 6.45) is 6.67. The van der Waals surface area contributed by atoms with Crippen molar-refractivity contribution in [1.29, 1.82) is 0 Å². The maximum Gasteiger partial charge on any atom is 2.00 e. The Kier molecular flexibility index (Phi) is 10.2. The monoisotopic (exact) mass is 1180 g/mol. The van der Waals surface area contributed by atoms with Crippen LogP contribution < -0.4 is 9.47 Å². The summed E-state index contributed by atoms with van der Waals surface area (Å²) in [4.78, 5) is 18.2. The predicted molar refractivity (Wildman–Crippen MR) is 229 cm³/mol. The van der Waals surface area contributed by atoms with E-state index in [4.69, 9.17) is 9.47 Å². The molecule has 12 rings (SSSR count). The van der Waals surface area contributed by atoms with Crippen LogP contribution in [-0.4, -0.2) is 33.6 Å². The second-order valence-electron chi connectivity index (χ2n) is 14.2. The van der Waals surface area contributed by atoms with Gasteiger partial charge in [0.1, 0.15) is 11.6 Å². The van der Waals surface area contributed by atoms with Gasteiger partial charge in [-0.2, -0.15) is 22.9 Å². The smallest absolute Gasteiger partial charge is 0.509 e. The van der Waals surface area contributed by atoms with Crippen LogP contribution in [0.25, 0.3) is 83.0 Å². The normalized spacial score (nSPS) is 11.4. The number of ether oxygens (including phenoxy) is 2. The molecule has 12 aromatic rings. The number of hydrogen-bond acceptors (Lipinski definition) is 6. The first-order valence-electron chi connectivity index (χ1n) is 19.3. The molecule has 6 aromatic carbocycles. The molecular formula is C50H25F2N7O2Pt2. The number of pyridine rings is 2. The van der Waals surface area contributed by atoms with Crippen molar-refractivity contribution >= 4 is 65.4 Å². The predicted octanol–water partition coefficient (Wildman–Crippen LogP) is 11.6. The first-order chi connectivity index (χ1) is 30.1. The van der Waals surface area contributed by atoms with Gasteiger partial charge >= 0.3 is 42.1 Å². The fraction of sp³-hybridized carbons (Fsp3) is 0. The van der Waals surface area contributed by atoms with Crippen LogP contribution >= 0.6 is 0 Å². The van der Waals surface area contributed by atoms with E-state index in [0.29, 0.717) is 61.9 Å². The zero-order valence-electron chi connectivity index (χ0n) is 32.3. The third-order valence-electron chi connectivity index (χ3n) is 10.7. The zero-order valence-corrected chi connectivity index (χ0v) is 36.8. The van der Waals surface area contributed by atoms with Crippen LogP contribution in [0.2, 0.25) is 0 Å². The fourth-order valence-corrected chi connectivity index (χ4v) is 8.23. The maximum absolute atomic E-state index is 16.1. The van der Waals surface area contributed by atoms with Gasteiger partial charge in [0.15, 0.2) is 0 Å². The number of halogens is 2. The molecule has 13 heteroatoms. The van der Waals surface area contributed by atoms with Gasteiger partial charge in [-0.1, -0.05) is 93.5 Å². The van der Waals surface area contributed by atoms with E-state index in [2.05, 4.69) is 44.2 Å². The molecular weight excluding hydrogens is 1160 g/mol. The summed E-state index contributed by atoms with van der Waals surface area (Å²) in [5.41, 5.74) is 3.71. The van der Waals surface area contributed by atoms with Gasteiger partial charge < -0.3 is 23.2 Å². The summed E-state index contributed by atoms with van der Waals surface area (Å²) in [6.45, 7) is 0. The Morgan fingerprint density at radius 3 is 1.29 bits per heavy atom. The first-order valence-corrected chi connectivity index (χ1v) is 19.3. The van der Waals surface area contributed by atoms with Crippen molar-refractivity contribution in [3.63, 3.8) is 0 Å². The third kappa shape index (κ3) is 6.58. The van der Waals surface area contributed by atoms with E-state index in [1.54, 1.807) is 47.6 Å². The van der Waals surface area contributed by atoms with E-state index in [-0.39, 0.29) is 53.6 Å². The average molecular weight is 1180 g/mol. The summed E-state index contributed by atoms with van der Waals surface area (Å²) in [7, 11) is 0. The molecule has 0 fully saturated rings. The van der Waals surface area contributed by atoms with Crippen LogP contribution in [0.1, 0.15) is 0 Å². The second-order valence-corrected chi connectivity index (χ2v) is 14.2. The van der Waals surface area contributed by atoms with Gasteiger partial charge in [-0.05, 0) is 53.2 Å². The van der Waals surface area contributed by atoms with Gasteiger partial charge in [0, 0.05) is 70.5 Å². The van der Waals surface area contributed by atoms with Crippen molar-refractivity contribution in [1.82, 2.24) is 33.6 Å². The van der Waals surface area contributed by atoms with Crippen molar-refractivity contribution in [3.8, 4) is 40.6 Å². The van der Waals surface area contributed by atoms with Crippen LogP contribution in [0.5, 0.6) is 23.0 Å². The molecule has 0 bridgehead atoms. The van der Waals surface area contributed by atoms with Crippen LogP contribution in [0, 0.1) is 35.9 Å². The standard InChI is InChI=1S/C50H25F2N7O2.2Pt/c51-38-24-32(28-44-48(38)36-10-1-3-12-40(36)57(44)46-14-5-7-20-53-46)60-30-16-18-34-35-19-17-31(27-43(35)59(42(34)26-30)50-55-22-9-23-56-50)61-33-25-39(52)49-37-11-2-4-13-41(37)58(45(49)29-33)47-15-6-8-21-54-47;;/h1-25H;;/q-4;2*+2. The summed E-state index contributed by atoms with van der Waals surface area (Å²) < 4.78 is 50.5. The van der Waals surface area contributed by atoms with Crippen LogP contribution in [0.3, 0.4) is 0 Å². The molecule has 0 aliphatic rings. The Morgan fingerprint density at radius 1 is 0.397 bits per heavy atom. The van der Waals surface area contributed by atoms with E-state index in [9.17, 15) is 0 Å². The van der Waals surface area contributed by atoms with E-state index in [0.717, 1.165) is 32.6 Å². The molecule has 0 spiro atoms. The molecule has 0 radical (unpaired) electrons.